The van der Waals surface area contributed by atoms with Crippen LogP contribution in [-0.4, -0.2) is 19.2 Å². The van der Waals surface area contributed by atoms with Crippen molar-refractivity contribution in [2.75, 3.05) is 6.26 Å². The van der Waals surface area contributed by atoms with Gasteiger partial charge in [0, 0.05) is 24.8 Å². The third-order valence-corrected chi connectivity index (χ3v) is 3.89. The average molecular weight is 319 g/mol. The number of nitrogens with zero attached hydrogens (tertiary/aromatic N) is 2. The molecule has 0 aliphatic rings. The van der Waals surface area contributed by atoms with E-state index in [1.807, 2.05) is 18.5 Å². The zero-order valence-corrected chi connectivity index (χ0v) is 13.4. The summed E-state index contributed by atoms with van der Waals surface area (Å²) in [6.07, 6.45) is 0.984. The lowest BCUT2D eigenvalue weighted by molar-refractivity contribution is 0.492. The SMILES string of the molecule is Cc1cc(C#N)c(-c2ccc(OS(C)(=O)=O)cc2CN)n1C. The zero-order chi connectivity index (χ0) is 16.5. The summed E-state index contributed by atoms with van der Waals surface area (Å²) in [4.78, 5) is 0. The van der Waals surface area contributed by atoms with Crippen LogP contribution in [0.15, 0.2) is 24.3 Å². The Kier molecular flexibility index (Phi) is 4.26. The fourth-order valence-corrected chi connectivity index (χ4v) is 2.79. The monoisotopic (exact) mass is 319 g/mol. The first kappa shape index (κ1) is 16.1. The summed E-state index contributed by atoms with van der Waals surface area (Å²) in [5, 5.41) is 9.29. The van der Waals surface area contributed by atoms with Gasteiger partial charge in [0.1, 0.15) is 11.8 Å². The number of hydrogen-bond acceptors (Lipinski definition) is 5. The molecular weight excluding hydrogens is 302 g/mol. The molecule has 1 heterocycles. The summed E-state index contributed by atoms with van der Waals surface area (Å²) < 4.78 is 29.2. The Morgan fingerprint density at radius 2 is 2.05 bits per heavy atom. The summed E-state index contributed by atoms with van der Waals surface area (Å²) in [6.45, 7) is 2.11. The van der Waals surface area contributed by atoms with Crippen LogP contribution in [0.2, 0.25) is 0 Å². The minimum atomic E-state index is -3.59. The summed E-state index contributed by atoms with van der Waals surface area (Å²) in [6, 6.07) is 8.83. The van der Waals surface area contributed by atoms with E-state index in [9.17, 15) is 13.7 Å². The highest BCUT2D eigenvalue weighted by Crippen LogP contribution is 2.31. The molecule has 0 fully saturated rings. The van der Waals surface area contributed by atoms with Crippen molar-refractivity contribution in [2.45, 2.75) is 13.5 Å². The highest BCUT2D eigenvalue weighted by Gasteiger charge is 2.16. The van der Waals surface area contributed by atoms with Crippen LogP contribution in [0.25, 0.3) is 11.3 Å². The number of aryl methyl sites for hydroxylation is 1. The maximum Gasteiger partial charge on any atom is 0.306 e. The van der Waals surface area contributed by atoms with Crippen LogP contribution in [-0.2, 0) is 23.7 Å². The van der Waals surface area contributed by atoms with Crippen molar-refractivity contribution < 1.29 is 12.6 Å². The first-order valence-corrected chi connectivity index (χ1v) is 8.37. The zero-order valence-electron chi connectivity index (χ0n) is 12.6. The van der Waals surface area contributed by atoms with Crippen molar-refractivity contribution in [3.05, 3.63) is 41.1 Å². The second-order valence-corrected chi connectivity index (χ2v) is 6.60. The van der Waals surface area contributed by atoms with Gasteiger partial charge < -0.3 is 14.5 Å². The Labute approximate surface area is 129 Å². The van der Waals surface area contributed by atoms with E-state index in [0.717, 1.165) is 23.2 Å². The predicted molar refractivity (Wildman–Crippen MR) is 83.7 cm³/mol. The summed E-state index contributed by atoms with van der Waals surface area (Å²) in [5.74, 6) is 0.205. The summed E-state index contributed by atoms with van der Waals surface area (Å²) >= 11 is 0. The van der Waals surface area contributed by atoms with E-state index in [1.54, 1.807) is 24.3 Å². The minimum absolute atomic E-state index is 0.200. The van der Waals surface area contributed by atoms with Gasteiger partial charge in [-0.1, -0.05) is 0 Å². The molecule has 7 heteroatoms. The van der Waals surface area contributed by atoms with Crippen LogP contribution in [0.1, 0.15) is 16.8 Å². The first-order valence-electron chi connectivity index (χ1n) is 6.56. The Bertz CT molecular complexity index is 861. The van der Waals surface area contributed by atoms with Gasteiger partial charge in [0.2, 0.25) is 0 Å². The largest absolute Gasteiger partial charge is 0.383 e. The normalized spacial score (nSPS) is 11.2. The summed E-state index contributed by atoms with van der Waals surface area (Å²) in [7, 11) is -1.73. The van der Waals surface area contributed by atoms with E-state index in [-0.39, 0.29) is 12.3 Å². The van der Waals surface area contributed by atoms with E-state index in [0.29, 0.717) is 11.1 Å². The highest BCUT2D eigenvalue weighted by molar-refractivity contribution is 7.86. The smallest absolute Gasteiger partial charge is 0.306 e. The van der Waals surface area contributed by atoms with Gasteiger partial charge in [-0.15, -0.1) is 0 Å². The number of nitriles is 1. The Morgan fingerprint density at radius 1 is 1.36 bits per heavy atom. The van der Waals surface area contributed by atoms with Gasteiger partial charge in [-0.2, -0.15) is 13.7 Å². The van der Waals surface area contributed by atoms with E-state index in [4.69, 9.17) is 9.92 Å². The molecule has 116 valence electrons. The van der Waals surface area contributed by atoms with Crippen LogP contribution in [0.3, 0.4) is 0 Å². The number of rotatable bonds is 4. The highest BCUT2D eigenvalue weighted by atomic mass is 32.2. The van der Waals surface area contributed by atoms with Gasteiger partial charge in [0.15, 0.2) is 0 Å². The average Bonchev–Trinajstić information content (AvgIpc) is 2.72. The maximum absolute atomic E-state index is 11.2. The fraction of sp³-hybridized carbons (Fsp3) is 0.267. The quantitative estimate of drug-likeness (QED) is 0.864. The molecule has 0 amide bonds. The molecule has 1 aromatic carbocycles. The lowest BCUT2D eigenvalue weighted by Gasteiger charge is -2.13. The lowest BCUT2D eigenvalue weighted by Crippen LogP contribution is -2.08. The van der Waals surface area contributed by atoms with E-state index >= 15 is 0 Å². The summed E-state index contributed by atoms with van der Waals surface area (Å²) in [5.41, 5.74) is 9.52. The Balaban J connectivity index is 2.61. The Morgan fingerprint density at radius 3 is 2.59 bits per heavy atom. The van der Waals surface area contributed by atoms with Crippen molar-refractivity contribution in [3.8, 4) is 23.1 Å². The van der Waals surface area contributed by atoms with Crippen LogP contribution >= 0.6 is 0 Å². The third kappa shape index (κ3) is 3.13. The predicted octanol–water partition coefficient (Wildman–Crippen LogP) is 1.67. The van der Waals surface area contributed by atoms with Gasteiger partial charge in [-0.3, -0.25) is 0 Å². The molecule has 0 atom stereocenters. The van der Waals surface area contributed by atoms with Gasteiger partial charge >= 0.3 is 10.1 Å². The third-order valence-electron chi connectivity index (χ3n) is 3.39. The molecule has 0 saturated heterocycles. The molecule has 6 nitrogen and oxygen atoms in total. The molecule has 22 heavy (non-hydrogen) atoms. The Hall–Kier alpha value is -2.30. The molecule has 0 unspecified atom stereocenters. The van der Waals surface area contributed by atoms with E-state index in [2.05, 4.69) is 6.07 Å². The molecule has 2 rings (SSSR count). The second kappa shape index (κ2) is 5.83. The van der Waals surface area contributed by atoms with Gasteiger partial charge in [0.05, 0.1) is 17.5 Å². The van der Waals surface area contributed by atoms with E-state index < -0.39 is 10.1 Å². The maximum atomic E-state index is 11.2. The van der Waals surface area contributed by atoms with Crippen LogP contribution in [0.5, 0.6) is 5.75 Å². The van der Waals surface area contributed by atoms with Crippen LogP contribution < -0.4 is 9.92 Å². The fourth-order valence-electron chi connectivity index (χ4n) is 2.34. The van der Waals surface area contributed by atoms with Crippen molar-refractivity contribution in [3.63, 3.8) is 0 Å². The van der Waals surface area contributed by atoms with Gasteiger partial charge in [0.25, 0.3) is 0 Å². The number of aromatic nitrogens is 1. The number of hydrogen-bond donors (Lipinski definition) is 1. The molecule has 2 N–H and O–H groups in total. The van der Waals surface area contributed by atoms with Gasteiger partial charge in [-0.25, -0.2) is 0 Å². The molecule has 0 saturated carbocycles. The molecule has 1 aromatic heterocycles. The molecule has 0 aliphatic heterocycles. The molecule has 2 aromatic rings. The second-order valence-electron chi connectivity index (χ2n) is 5.03. The standard InChI is InChI=1S/C15H17N3O3S/c1-10-6-12(9-17)15(18(10)2)14-5-4-13(7-11(14)8-16)21-22(3,19)20/h4-7H,8,16H2,1-3H3. The first-order chi connectivity index (χ1) is 10.3. The molecule has 0 bridgehead atoms. The molecule has 0 spiro atoms. The van der Waals surface area contributed by atoms with Crippen molar-refractivity contribution in [1.29, 1.82) is 5.26 Å². The van der Waals surface area contributed by atoms with Gasteiger partial charge in [-0.05, 0) is 36.8 Å². The van der Waals surface area contributed by atoms with Crippen molar-refractivity contribution in [1.82, 2.24) is 4.57 Å². The van der Waals surface area contributed by atoms with Crippen molar-refractivity contribution >= 4 is 10.1 Å². The number of benzene rings is 1. The van der Waals surface area contributed by atoms with Crippen molar-refractivity contribution in [2.24, 2.45) is 12.8 Å². The lowest BCUT2D eigenvalue weighted by atomic mass is 10.0. The molecule has 0 radical (unpaired) electrons. The van der Waals surface area contributed by atoms with Crippen LogP contribution in [0.4, 0.5) is 0 Å². The topological polar surface area (TPSA) is 98.1 Å². The molecular formula is C15H17N3O3S. The molecule has 0 aliphatic carbocycles. The minimum Gasteiger partial charge on any atom is -0.383 e. The van der Waals surface area contributed by atoms with E-state index in [1.165, 1.54) is 0 Å². The number of nitrogens with two attached hydrogens (primary N) is 1. The van der Waals surface area contributed by atoms with Crippen LogP contribution in [0, 0.1) is 18.3 Å².